The molecule has 2 N–H and O–H groups in total. The minimum absolute atomic E-state index is 0.0636. The summed E-state index contributed by atoms with van der Waals surface area (Å²) in [4.78, 5) is 52.9. The molecule has 3 aromatic rings. The Morgan fingerprint density at radius 1 is 0.917 bits per heavy atom. The van der Waals surface area contributed by atoms with Gasteiger partial charge in [-0.3, -0.25) is 24.6 Å². The SMILES string of the molecule is CC(=O)Oc1ccc(C2NC(C(=O)O)(c3ccccc3)C3C(=O)N(Cc4ccccc4)C(=O)C23)cc1. The summed E-state index contributed by atoms with van der Waals surface area (Å²) in [5.41, 5.74) is -0.0180. The van der Waals surface area contributed by atoms with Crippen LogP contribution in [0.25, 0.3) is 0 Å². The molecule has 0 spiro atoms. The van der Waals surface area contributed by atoms with Crippen molar-refractivity contribution in [2.75, 3.05) is 0 Å². The lowest BCUT2D eigenvalue weighted by atomic mass is 9.75. The Morgan fingerprint density at radius 2 is 1.53 bits per heavy atom. The Kier molecular flexibility index (Phi) is 5.89. The van der Waals surface area contributed by atoms with E-state index in [1.165, 1.54) is 11.8 Å². The van der Waals surface area contributed by atoms with Gasteiger partial charge in [0.15, 0.2) is 5.54 Å². The van der Waals surface area contributed by atoms with Crippen LogP contribution in [0.2, 0.25) is 0 Å². The summed E-state index contributed by atoms with van der Waals surface area (Å²) in [7, 11) is 0. The van der Waals surface area contributed by atoms with Gasteiger partial charge in [0, 0.05) is 13.0 Å². The quantitative estimate of drug-likeness (QED) is 0.314. The number of hydrogen-bond acceptors (Lipinski definition) is 6. The highest BCUT2D eigenvalue weighted by atomic mass is 16.5. The number of benzene rings is 3. The lowest BCUT2D eigenvalue weighted by Crippen LogP contribution is -2.53. The van der Waals surface area contributed by atoms with E-state index >= 15 is 0 Å². The predicted molar refractivity (Wildman–Crippen MR) is 128 cm³/mol. The number of carbonyl (C=O) groups excluding carboxylic acids is 3. The number of esters is 1. The fraction of sp³-hybridized carbons (Fsp3) is 0.214. The van der Waals surface area contributed by atoms with Crippen molar-refractivity contribution < 1.29 is 29.0 Å². The molecule has 2 amide bonds. The van der Waals surface area contributed by atoms with Gasteiger partial charge in [0.25, 0.3) is 0 Å². The Hall–Kier alpha value is -4.30. The fourth-order valence-corrected chi connectivity index (χ4v) is 5.37. The van der Waals surface area contributed by atoms with Crippen LogP contribution in [0, 0.1) is 11.8 Å². The molecular weight excluding hydrogens is 460 g/mol. The van der Waals surface area contributed by atoms with E-state index in [1.807, 2.05) is 30.3 Å². The molecule has 3 aromatic carbocycles. The zero-order chi connectivity index (χ0) is 25.4. The molecule has 0 radical (unpaired) electrons. The number of likely N-dealkylation sites (tertiary alicyclic amines) is 1. The molecule has 182 valence electrons. The first-order chi connectivity index (χ1) is 17.3. The van der Waals surface area contributed by atoms with Crippen LogP contribution < -0.4 is 10.1 Å². The maximum atomic E-state index is 13.8. The van der Waals surface area contributed by atoms with Crippen molar-refractivity contribution in [3.05, 3.63) is 102 Å². The predicted octanol–water partition coefficient (Wildman–Crippen LogP) is 3.04. The fourth-order valence-electron chi connectivity index (χ4n) is 5.37. The maximum absolute atomic E-state index is 13.8. The second-order valence-corrected chi connectivity index (χ2v) is 9.02. The Morgan fingerprint density at radius 3 is 2.11 bits per heavy atom. The van der Waals surface area contributed by atoms with Crippen molar-refractivity contribution in [2.24, 2.45) is 11.8 Å². The van der Waals surface area contributed by atoms with E-state index in [0.717, 1.165) is 5.56 Å². The third-order valence-corrected chi connectivity index (χ3v) is 6.90. The maximum Gasteiger partial charge on any atom is 0.329 e. The first-order valence-electron chi connectivity index (χ1n) is 11.6. The lowest BCUT2D eigenvalue weighted by molar-refractivity contribution is -0.152. The molecule has 5 rings (SSSR count). The number of carbonyl (C=O) groups is 4. The Bertz CT molecular complexity index is 1330. The van der Waals surface area contributed by atoms with Crippen molar-refractivity contribution in [2.45, 2.75) is 25.0 Å². The minimum atomic E-state index is -1.80. The highest BCUT2D eigenvalue weighted by Crippen LogP contribution is 2.53. The van der Waals surface area contributed by atoms with E-state index in [2.05, 4.69) is 5.32 Å². The molecule has 8 heteroatoms. The van der Waals surface area contributed by atoms with Crippen LogP contribution in [-0.2, 0) is 31.3 Å². The van der Waals surface area contributed by atoms with E-state index in [-0.39, 0.29) is 6.54 Å². The van der Waals surface area contributed by atoms with Crippen molar-refractivity contribution in [3.8, 4) is 5.75 Å². The van der Waals surface area contributed by atoms with Gasteiger partial charge in [0.05, 0.1) is 18.4 Å². The number of fused-ring (bicyclic) bond motifs is 1. The number of carboxylic acid groups (broad SMARTS) is 1. The highest BCUT2D eigenvalue weighted by Gasteiger charge is 2.69. The molecule has 2 saturated heterocycles. The minimum Gasteiger partial charge on any atom is -0.480 e. The lowest BCUT2D eigenvalue weighted by Gasteiger charge is -2.31. The molecule has 0 aliphatic carbocycles. The van der Waals surface area contributed by atoms with E-state index in [1.54, 1.807) is 54.6 Å². The van der Waals surface area contributed by atoms with Crippen LogP contribution in [0.1, 0.15) is 29.7 Å². The van der Waals surface area contributed by atoms with Crippen molar-refractivity contribution in [1.82, 2.24) is 10.2 Å². The average molecular weight is 485 g/mol. The third kappa shape index (κ3) is 3.76. The van der Waals surface area contributed by atoms with Crippen LogP contribution in [0.15, 0.2) is 84.9 Å². The van der Waals surface area contributed by atoms with Gasteiger partial charge in [-0.1, -0.05) is 72.8 Å². The summed E-state index contributed by atoms with van der Waals surface area (Å²) in [6.45, 7) is 1.36. The molecular formula is C28H24N2O6. The molecule has 2 heterocycles. The van der Waals surface area contributed by atoms with E-state index in [4.69, 9.17) is 4.74 Å². The number of nitrogens with one attached hydrogen (secondary N) is 1. The van der Waals surface area contributed by atoms with Crippen LogP contribution in [0.3, 0.4) is 0 Å². The van der Waals surface area contributed by atoms with Crippen molar-refractivity contribution in [3.63, 3.8) is 0 Å². The van der Waals surface area contributed by atoms with E-state index in [0.29, 0.717) is 16.9 Å². The molecule has 0 bridgehead atoms. The van der Waals surface area contributed by atoms with Crippen LogP contribution in [0.5, 0.6) is 5.75 Å². The van der Waals surface area contributed by atoms with Crippen LogP contribution >= 0.6 is 0 Å². The van der Waals surface area contributed by atoms with Crippen LogP contribution in [0.4, 0.5) is 0 Å². The number of amides is 2. The largest absolute Gasteiger partial charge is 0.480 e. The first-order valence-corrected chi connectivity index (χ1v) is 11.6. The first kappa shape index (κ1) is 23.4. The molecule has 4 atom stereocenters. The molecule has 36 heavy (non-hydrogen) atoms. The zero-order valence-electron chi connectivity index (χ0n) is 19.5. The van der Waals surface area contributed by atoms with Gasteiger partial charge < -0.3 is 9.84 Å². The van der Waals surface area contributed by atoms with Gasteiger partial charge >= 0.3 is 11.9 Å². The van der Waals surface area contributed by atoms with Crippen molar-refractivity contribution >= 4 is 23.8 Å². The summed E-state index contributed by atoms with van der Waals surface area (Å²) in [6, 6.07) is 23.4. The van der Waals surface area contributed by atoms with Gasteiger partial charge in [-0.25, -0.2) is 4.79 Å². The Balaban J connectivity index is 1.61. The van der Waals surface area contributed by atoms with E-state index < -0.39 is 47.2 Å². The summed E-state index contributed by atoms with van der Waals surface area (Å²) in [5.74, 6) is -4.40. The smallest absolute Gasteiger partial charge is 0.329 e. The molecule has 2 aliphatic rings. The second-order valence-electron chi connectivity index (χ2n) is 9.02. The summed E-state index contributed by atoms with van der Waals surface area (Å²) in [6.07, 6.45) is 0. The molecule has 8 nitrogen and oxygen atoms in total. The topological polar surface area (TPSA) is 113 Å². The monoisotopic (exact) mass is 484 g/mol. The molecule has 2 aliphatic heterocycles. The standard InChI is InChI=1S/C28H24N2O6/c1-17(31)36-21-14-12-19(13-15-21)24-22-23(28(29-24,27(34)35)20-10-6-3-7-11-20)26(33)30(25(22)32)16-18-8-4-2-5-9-18/h2-15,22-24,29H,16H2,1H3,(H,34,35). The van der Waals surface area contributed by atoms with Crippen molar-refractivity contribution in [1.29, 1.82) is 0 Å². The summed E-state index contributed by atoms with van der Waals surface area (Å²) < 4.78 is 5.11. The number of hydrogen-bond donors (Lipinski definition) is 2. The number of imide groups is 1. The normalized spacial score (nSPS) is 25.0. The van der Waals surface area contributed by atoms with Gasteiger partial charge in [-0.05, 0) is 28.8 Å². The van der Waals surface area contributed by atoms with Gasteiger partial charge in [0.1, 0.15) is 5.75 Å². The summed E-state index contributed by atoms with van der Waals surface area (Å²) in [5, 5.41) is 13.7. The van der Waals surface area contributed by atoms with E-state index in [9.17, 15) is 24.3 Å². The molecule has 2 fully saturated rings. The zero-order valence-corrected chi connectivity index (χ0v) is 19.5. The third-order valence-electron chi connectivity index (χ3n) is 6.90. The Labute approximate surface area is 207 Å². The average Bonchev–Trinajstić information content (AvgIpc) is 3.36. The van der Waals surface area contributed by atoms with Gasteiger partial charge in [-0.2, -0.15) is 0 Å². The molecule has 0 aromatic heterocycles. The highest BCUT2D eigenvalue weighted by molar-refractivity contribution is 6.09. The number of ether oxygens (including phenoxy) is 1. The number of aliphatic carboxylic acids is 1. The molecule has 4 unspecified atom stereocenters. The summed E-state index contributed by atoms with van der Waals surface area (Å²) >= 11 is 0. The number of carboxylic acids is 1. The number of nitrogens with zero attached hydrogens (tertiary/aromatic N) is 1. The number of rotatable bonds is 6. The molecule has 0 saturated carbocycles. The van der Waals surface area contributed by atoms with Gasteiger partial charge in [0.2, 0.25) is 11.8 Å². The van der Waals surface area contributed by atoms with Gasteiger partial charge in [-0.15, -0.1) is 0 Å². The second kappa shape index (κ2) is 9.05. The van der Waals surface area contributed by atoms with Crippen LogP contribution in [-0.4, -0.2) is 33.8 Å².